The van der Waals surface area contributed by atoms with Gasteiger partial charge >= 0.3 is 12.1 Å². The monoisotopic (exact) mass is 271 g/mol. The third-order valence-corrected chi connectivity index (χ3v) is 3.53. The molecule has 110 valence electrons. The first-order chi connectivity index (χ1) is 9.00. The number of hydrogen-bond acceptors (Lipinski definition) is 4. The Morgan fingerprint density at radius 1 is 1.26 bits per heavy atom. The van der Waals surface area contributed by atoms with Gasteiger partial charge in [0.15, 0.2) is 0 Å². The topological polar surface area (TPSA) is 64.6 Å². The number of carbonyl (C=O) groups is 2. The first kappa shape index (κ1) is 15.8. The minimum absolute atomic E-state index is 0.320. The van der Waals surface area contributed by atoms with E-state index in [4.69, 9.17) is 4.74 Å². The molecule has 19 heavy (non-hydrogen) atoms. The summed E-state index contributed by atoms with van der Waals surface area (Å²) >= 11 is 0. The fourth-order valence-electron chi connectivity index (χ4n) is 2.40. The van der Waals surface area contributed by atoms with Crippen molar-refractivity contribution in [1.82, 2.24) is 5.32 Å². The van der Waals surface area contributed by atoms with Crippen LogP contribution in [0.25, 0.3) is 0 Å². The normalized spacial score (nSPS) is 17.3. The molecule has 0 radical (unpaired) electrons. The van der Waals surface area contributed by atoms with Crippen LogP contribution in [0.3, 0.4) is 0 Å². The van der Waals surface area contributed by atoms with Gasteiger partial charge < -0.3 is 14.8 Å². The van der Waals surface area contributed by atoms with Crippen LogP contribution >= 0.6 is 0 Å². The molecule has 0 spiro atoms. The van der Waals surface area contributed by atoms with Crippen molar-refractivity contribution in [2.24, 2.45) is 5.92 Å². The van der Waals surface area contributed by atoms with Crippen LogP contribution in [-0.2, 0) is 14.3 Å². The molecule has 0 saturated heterocycles. The molecule has 5 nitrogen and oxygen atoms in total. The minimum atomic E-state index is -0.870. The van der Waals surface area contributed by atoms with E-state index in [2.05, 4.69) is 23.9 Å². The summed E-state index contributed by atoms with van der Waals surface area (Å²) in [5.74, 6) is 0.284. The molecule has 1 amide bonds. The molecule has 0 aromatic rings. The quantitative estimate of drug-likeness (QED) is 0.596. The first-order valence-corrected chi connectivity index (χ1v) is 7.03. The zero-order chi connectivity index (χ0) is 14.3. The Kier molecular flexibility index (Phi) is 6.12. The van der Waals surface area contributed by atoms with E-state index >= 15 is 0 Å². The van der Waals surface area contributed by atoms with E-state index in [0.717, 1.165) is 25.7 Å². The number of hydrogen-bond donors (Lipinski definition) is 1. The van der Waals surface area contributed by atoms with Crippen molar-refractivity contribution in [3.63, 3.8) is 0 Å². The summed E-state index contributed by atoms with van der Waals surface area (Å²) in [7, 11) is 1.30. The second kappa shape index (κ2) is 7.36. The van der Waals surface area contributed by atoms with Crippen molar-refractivity contribution in [3.05, 3.63) is 0 Å². The summed E-state index contributed by atoms with van der Waals surface area (Å²) in [5.41, 5.74) is -0.870. The predicted molar refractivity (Wildman–Crippen MR) is 71.8 cm³/mol. The lowest BCUT2D eigenvalue weighted by Gasteiger charge is -2.27. The van der Waals surface area contributed by atoms with E-state index in [1.165, 1.54) is 7.11 Å². The van der Waals surface area contributed by atoms with E-state index in [1.807, 2.05) is 0 Å². The van der Waals surface area contributed by atoms with E-state index in [0.29, 0.717) is 25.4 Å². The van der Waals surface area contributed by atoms with Gasteiger partial charge in [-0.1, -0.05) is 26.7 Å². The average Bonchev–Trinajstić information content (AvgIpc) is 2.83. The van der Waals surface area contributed by atoms with Crippen LogP contribution in [0.5, 0.6) is 0 Å². The molecule has 1 rings (SSSR count). The molecular weight excluding hydrogens is 246 g/mol. The summed E-state index contributed by atoms with van der Waals surface area (Å²) in [6.07, 6.45) is 4.43. The Bertz CT molecular complexity index is 309. The van der Waals surface area contributed by atoms with Crippen LogP contribution in [-0.4, -0.2) is 31.3 Å². The Balaban J connectivity index is 2.46. The number of methoxy groups -OCH3 is 1. The first-order valence-electron chi connectivity index (χ1n) is 7.03. The molecule has 0 unspecified atom stereocenters. The summed E-state index contributed by atoms with van der Waals surface area (Å²) in [6.45, 7) is 4.69. The molecule has 1 aliphatic carbocycles. The van der Waals surface area contributed by atoms with Gasteiger partial charge in [0.2, 0.25) is 0 Å². The zero-order valence-electron chi connectivity index (χ0n) is 12.2. The van der Waals surface area contributed by atoms with Gasteiger partial charge in [-0.15, -0.1) is 0 Å². The molecule has 0 aliphatic heterocycles. The average molecular weight is 271 g/mol. The SMILES string of the molecule is COC(=O)NC1(C(=O)OCCCC(C)C)CCCC1. The van der Waals surface area contributed by atoms with Gasteiger partial charge in [-0.25, -0.2) is 9.59 Å². The van der Waals surface area contributed by atoms with Crippen molar-refractivity contribution in [2.75, 3.05) is 13.7 Å². The number of nitrogens with one attached hydrogen (secondary N) is 1. The highest BCUT2D eigenvalue weighted by molar-refractivity contribution is 5.86. The summed E-state index contributed by atoms with van der Waals surface area (Å²) in [5, 5.41) is 2.66. The van der Waals surface area contributed by atoms with Crippen molar-refractivity contribution in [3.8, 4) is 0 Å². The lowest BCUT2D eigenvalue weighted by molar-refractivity contribution is -0.151. The largest absolute Gasteiger partial charge is 0.464 e. The molecule has 1 N–H and O–H groups in total. The van der Waals surface area contributed by atoms with Crippen molar-refractivity contribution in [1.29, 1.82) is 0 Å². The van der Waals surface area contributed by atoms with Crippen LogP contribution < -0.4 is 5.32 Å². The second-order valence-corrected chi connectivity index (χ2v) is 5.58. The van der Waals surface area contributed by atoms with Crippen LogP contribution in [0.2, 0.25) is 0 Å². The molecule has 1 saturated carbocycles. The fourth-order valence-corrected chi connectivity index (χ4v) is 2.40. The summed E-state index contributed by atoms with van der Waals surface area (Å²) < 4.78 is 9.90. The number of ether oxygens (including phenoxy) is 2. The van der Waals surface area contributed by atoms with Crippen LogP contribution in [0.1, 0.15) is 52.4 Å². The van der Waals surface area contributed by atoms with Gasteiger partial charge in [-0.3, -0.25) is 0 Å². The predicted octanol–water partition coefficient (Wildman–Crippen LogP) is 2.63. The number of esters is 1. The third kappa shape index (κ3) is 4.73. The highest BCUT2D eigenvalue weighted by Crippen LogP contribution is 2.31. The molecular formula is C14H25NO4. The molecule has 0 atom stereocenters. The number of carbonyl (C=O) groups excluding carboxylic acids is 2. The van der Waals surface area contributed by atoms with Gasteiger partial charge in [-0.05, 0) is 31.6 Å². The smallest absolute Gasteiger partial charge is 0.407 e. The standard InChI is InChI=1S/C14H25NO4/c1-11(2)7-6-10-19-12(16)14(8-4-5-9-14)15-13(17)18-3/h11H,4-10H2,1-3H3,(H,15,17). The minimum Gasteiger partial charge on any atom is -0.464 e. The number of rotatable bonds is 6. The summed E-state index contributed by atoms with van der Waals surface area (Å²) in [4.78, 5) is 23.5. The van der Waals surface area contributed by atoms with Gasteiger partial charge in [-0.2, -0.15) is 0 Å². The van der Waals surface area contributed by atoms with Crippen molar-refractivity contribution < 1.29 is 19.1 Å². The van der Waals surface area contributed by atoms with Crippen molar-refractivity contribution >= 4 is 12.1 Å². The molecule has 0 bridgehead atoms. The Morgan fingerprint density at radius 3 is 2.42 bits per heavy atom. The maximum absolute atomic E-state index is 12.2. The van der Waals surface area contributed by atoms with E-state index in [-0.39, 0.29) is 5.97 Å². The highest BCUT2D eigenvalue weighted by Gasteiger charge is 2.44. The molecule has 1 aliphatic rings. The maximum atomic E-state index is 12.2. The fraction of sp³-hybridized carbons (Fsp3) is 0.857. The Morgan fingerprint density at radius 2 is 1.89 bits per heavy atom. The highest BCUT2D eigenvalue weighted by atomic mass is 16.5. The van der Waals surface area contributed by atoms with E-state index < -0.39 is 11.6 Å². The lowest BCUT2D eigenvalue weighted by atomic mass is 9.98. The van der Waals surface area contributed by atoms with Crippen molar-refractivity contribution in [2.45, 2.75) is 57.9 Å². The van der Waals surface area contributed by atoms with Gasteiger partial charge in [0, 0.05) is 0 Å². The molecule has 0 aromatic carbocycles. The van der Waals surface area contributed by atoms with E-state index in [9.17, 15) is 9.59 Å². The molecule has 1 fully saturated rings. The second-order valence-electron chi connectivity index (χ2n) is 5.58. The zero-order valence-corrected chi connectivity index (χ0v) is 12.2. The van der Waals surface area contributed by atoms with Gasteiger partial charge in [0.05, 0.1) is 13.7 Å². The summed E-state index contributed by atoms with van der Waals surface area (Å²) in [6, 6.07) is 0. The maximum Gasteiger partial charge on any atom is 0.407 e. The molecule has 0 heterocycles. The molecule has 5 heteroatoms. The Labute approximate surface area is 115 Å². The number of alkyl carbamates (subject to hydrolysis) is 1. The Hall–Kier alpha value is -1.26. The third-order valence-electron chi connectivity index (χ3n) is 3.53. The molecule has 0 aromatic heterocycles. The lowest BCUT2D eigenvalue weighted by Crippen LogP contribution is -2.53. The van der Waals surface area contributed by atoms with Gasteiger partial charge in [0.1, 0.15) is 5.54 Å². The van der Waals surface area contributed by atoms with E-state index in [1.54, 1.807) is 0 Å². The van der Waals surface area contributed by atoms with Crippen LogP contribution in [0.15, 0.2) is 0 Å². The van der Waals surface area contributed by atoms with Crippen LogP contribution in [0.4, 0.5) is 4.79 Å². The number of amides is 1. The van der Waals surface area contributed by atoms with Crippen LogP contribution in [0, 0.1) is 5.92 Å². The van der Waals surface area contributed by atoms with Gasteiger partial charge in [0.25, 0.3) is 0 Å².